The smallest absolute Gasteiger partial charge is 0.324 e. The number of amides is 3. The van der Waals surface area contributed by atoms with Crippen LogP contribution in [0, 0.1) is 12.7 Å². The van der Waals surface area contributed by atoms with Gasteiger partial charge in [-0.15, -0.1) is 0 Å². The molecule has 0 spiro atoms. The Hall–Kier alpha value is -2.94. The third-order valence-corrected chi connectivity index (χ3v) is 5.42. The Bertz CT molecular complexity index is 975. The van der Waals surface area contributed by atoms with E-state index in [0.29, 0.717) is 11.1 Å². The molecule has 1 aliphatic rings. The Kier molecular flexibility index (Phi) is 4.64. The van der Waals surface area contributed by atoms with Gasteiger partial charge in [0.15, 0.2) is 0 Å². The third-order valence-electron chi connectivity index (χ3n) is 3.90. The second kappa shape index (κ2) is 6.75. The van der Waals surface area contributed by atoms with Crippen LogP contribution in [-0.4, -0.2) is 31.8 Å². The first kappa shape index (κ1) is 17.9. The molecule has 3 amide bonds. The Labute approximate surface area is 149 Å². The van der Waals surface area contributed by atoms with Gasteiger partial charge in [-0.1, -0.05) is 18.2 Å². The van der Waals surface area contributed by atoms with Gasteiger partial charge < -0.3 is 5.32 Å². The molecule has 0 aliphatic carbocycles. The van der Waals surface area contributed by atoms with E-state index in [-0.39, 0.29) is 29.6 Å². The van der Waals surface area contributed by atoms with Gasteiger partial charge in [-0.3, -0.25) is 14.4 Å². The number of halogens is 1. The highest BCUT2D eigenvalue weighted by atomic mass is 32.2. The minimum absolute atomic E-state index is 0.0270. The third kappa shape index (κ3) is 3.67. The fraction of sp³-hybridized carbons (Fsp3) is 0.176. The summed E-state index contributed by atoms with van der Waals surface area (Å²) in [5.41, 5.74) is 1.24. The molecule has 2 aromatic rings. The van der Waals surface area contributed by atoms with Gasteiger partial charge >= 0.3 is 6.03 Å². The second-order valence-electron chi connectivity index (χ2n) is 5.85. The van der Waals surface area contributed by atoms with Crippen LogP contribution < -0.4 is 10.0 Å². The van der Waals surface area contributed by atoms with Gasteiger partial charge in [0, 0.05) is 5.69 Å². The number of hydrogen-bond donors (Lipinski definition) is 2. The minimum atomic E-state index is -3.98. The molecule has 0 saturated carbocycles. The van der Waals surface area contributed by atoms with Crippen molar-refractivity contribution in [1.29, 1.82) is 0 Å². The SMILES string of the molecule is Cc1ccc(F)cc1S(=O)(=O)Nc1cccc(CN2C(=O)CNC2=O)c1. The van der Waals surface area contributed by atoms with E-state index in [1.807, 2.05) is 0 Å². The number of carbonyl (C=O) groups is 2. The zero-order valence-corrected chi connectivity index (χ0v) is 14.6. The molecule has 1 fully saturated rings. The summed E-state index contributed by atoms with van der Waals surface area (Å²) in [5, 5.41) is 2.42. The van der Waals surface area contributed by atoms with Crippen molar-refractivity contribution in [1.82, 2.24) is 10.2 Å². The first-order valence-electron chi connectivity index (χ1n) is 7.72. The fourth-order valence-corrected chi connectivity index (χ4v) is 3.91. The van der Waals surface area contributed by atoms with Crippen molar-refractivity contribution in [3.63, 3.8) is 0 Å². The van der Waals surface area contributed by atoms with E-state index in [1.54, 1.807) is 19.1 Å². The van der Waals surface area contributed by atoms with Crippen molar-refractivity contribution in [2.24, 2.45) is 0 Å². The molecule has 2 aromatic carbocycles. The first-order chi connectivity index (χ1) is 12.3. The lowest BCUT2D eigenvalue weighted by Crippen LogP contribution is -2.30. The first-order valence-corrected chi connectivity index (χ1v) is 9.21. The van der Waals surface area contributed by atoms with Crippen molar-refractivity contribution in [2.45, 2.75) is 18.4 Å². The lowest BCUT2D eigenvalue weighted by molar-refractivity contribution is -0.125. The van der Waals surface area contributed by atoms with E-state index < -0.39 is 21.9 Å². The maximum Gasteiger partial charge on any atom is 0.324 e. The van der Waals surface area contributed by atoms with Crippen molar-refractivity contribution in [3.05, 3.63) is 59.4 Å². The summed E-state index contributed by atoms with van der Waals surface area (Å²) >= 11 is 0. The standard InChI is InChI=1S/C17H16FN3O4S/c1-11-5-6-13(18)8-15(11)26(24,25)20-14-4-2-3-12(7-14)10-21-16(22)9-19-17(21)23/h2-8,20H,9-10H2,1H3,(H,19,23). The molecule has 0 radical (unpaired) electrons. The molecule has 1 saturated heterocycles. The molecular weight excluding hydrogens is 361 g/mol. The van der Waals surface area contributed by atoms with Crippen LogP contribution in [0.2, 0.25) is 0 Å². The monoisotopic (exact) mass is 377 g/mol. The number of urea groups is 1. The number of aryl methyl sites for hydroxylation is 1. The number of hydrogen-bond acceptors (Lipinski definition) is 4. The predicted octanol–water partition coefficient (Wildman–Crippen LogP) is 1.99. The van der Waals surface area contributed by atoms with Crippen molar-refractivity contribution < 1.29 is 22.4 Å². The molecule has 1 heterocycles. The minimum Gasteiger partial charge on any atom is -0.329 e. The number of nitrogens with one attached hydrogen (secondary N) is 2. The average molecular weight is 377 g/mol. The molecule has 0 aromatic heterocycles. The summed E-state index contributed by atoms with van der Waals surface area (Å²) < 4.78 is 40.9. The molecule has 3 rings (SSSR count). The lowest BCUT2D eigenvalue weighted by Gasteiger charge is -2.14. The molecular formula is C17H16FN3O4S. The molecule has 0 atom stereocenters. The van der Waals surface area contributed by atoms with Gasteiger partial charge in [-0.25, -0.2) is 17.6 Å². The summed E-state index contributed by atoms with van der Waals surface area (Å²) in [6.07, 6.45) is 0. The van der Waals surface area contributed by atoms with Crippen LogP contribution >= 0.6 is 0 Å². The van der Waals surface area contributed by atoms with Crippen LogP contribution in [0.15, 0.2) is 47.4 Å². The summed E-state index contributed by atoms with van der Waals surface area (Å²) in [4.78, 5) is 24.1. The molecule has 26 heavy (non-hydrogen) atoms. The van der Waals surface area contributed by atoms with Crippen LogP contribution in [0.3, 0.4) is 0 Å². The number of carbonyl (C=O) groups excluding carboxylic acids is 2. The Morgan fingerprint density at radius 3 is 2.65 bits per heavy atom. The Morgan fingerprint density at radius 2 is 1.96 bits per heavy atom. The highest BCUT2D eigenvalue weighted by Gasteiger charge is 2.28. The predicted molar refractivity (Wildman–Crippen MR) is 92.3 cm³/mol. The molecule has 2 N–H and O–H groups in total. The summed E-state index contributed by atoms with van der Waals surface area (Å²) in [7, 11) is -3.98. The zero-order valence-electron chi connectivity index (χ0n) is 13.8. The highest BCUT2D eigenvalue weighted by Crippen LogP contribution is 2.21. The molecule has 0 unspecified atom stereocenters. The number of benzene rings is 2. The second-order valence-corrected chi connectivity index (χ2v) is 7.51. The molecule has 9 heteroatoms. The van der Waals surface area contributed by atoms with Crippen molar-refractivity contribution in [2.75, 3.05) is 11.3 Å². The Balaban J connectivity index is 1.83. The summed E-state index contributed by atoms with van der Waals surface area (Å²) in [6, 6.07) is 9.36. The molecule has 0 bridgehead atoms. The van der Waals surface area contributed by atoms with Crippen LogP contribution in [0.5, 0.6) is 0 Å². The van der Waals surface area contributed by atoms with Crippen LogP contribution in [0.4, 0.5) is 14.9 Å². The largest absolute Gasteiger partial charge is 0.329 e. The fourth-order valence-electron chi connectivity index (χ4n) is 2.60. The highest BCUT2D eigenvalue weighted by molar-refractivity contribution is 7.92. The van der Waals surface area contributed by atoms with Crippen molar-refractivity contribution in [3.8, 4) is 0 Å². The molecule has 136 valence electrons. The normalized spacial score (nSPS) is 14.5. The Morgan fingerprint density at radius 1 is 1.19 bits per heavy atom. The summed E-state index contributed by atoms with van der Waals surface area (Å²) in [5.74, 6) is -1.00. The van der Waals surface area contributed by atoms with Crippen LogP contribution in [0.25, 0.3) is 0 Å². The van der Waals surface area contributed by atoms with E-state index in [2.05, 4.69) is 10.0 Å². The maximum absolute atomic E-state index is 13.4. The van der Waals surface area contributed by atoms with E-state index in [4.69, 9.17) is 0 Å². The van der Waals surface area contributed by atoms with E-state index in [1.165, 1.54) is 24.3 Å². The van der Waals surface area contributed by atoms with E-state index >= 15 is 0 Å². The maximum atomic E-state index is 13.4. The number of anilines is 1. The number of imide groups is 1. The van der Waals surface area contributed by atoms with Gasteiger partial charge in [0.1, 0.15) is 5.82 Å². The molecule has 7 nitrogen and oxygen atoms in total. The van der Waals surface area contributed by atoms with E-state index in [0.717, 1.165) is 11.0 Å². The quantitative estimate of drug-likeness (QED) is 0.779. The number of rotatable bonds is 5. The van der Waals surface area contributed by atoms with Gasteiger partial charge in [-0.05, 0) is 42.3 Å². The van der Waals surface area contributed by atoms with Gasteiger partial charge in [0.05, 0.1) is 18.0 Å². The topological polar surface area (TPSA) is 95.6 Å². The van der Waals surface area contributed by atoms with Gasteiger partial charge in [0.2, 0.25) is 5.91 Å². The van der Waals surface area contributed by atoms with Crippen LogP contribution in [0.1, 0.15) is 11.1 Å². The zero-order chi connectivity index (χ0) is 18.9. The summed E-state index contributed by atoms with van der Waals surface area (Å²) in [6.45, 7) is 1.55. The number of nitrogens with zero attached hydrogens (tertiary/aromatic N) is 1. The van der Waals surface area contributed by atoms with Gasteiger partial charge in [0.25, 0.3) is 10.0 Å². The molecule has 1 aliphatic heterocycles. The van der Waals surface area contributed by atoms with Crippen molar-refractivity contribution >= 4 is 27.6 Å². The van der Waals surface area contributed by atoms with Gasteiger partial charge in [-0.2, -0.15) is 0 Å². The van der Waals surface area contributed by atoms with Crippen LogP contribution in [-0.2, 0) is 21.4 Å². The average Bonchev–Trinajstić information content (AvgIpc) is 2.89. The number of sulfonamides is 1. The van der Waals surface area contributed by atoms with E-state index in [9.17, 15) is 22.4 Å². The lowest BCUT2D eigenvalue weighted by atomic mass is 10.2.